The zero-order valence-corrected chi connectivity index (χ0v) is 14.2. The van der Waals surface area contributed by atoms with Crippen LogP contribution in [0.4, 0.5) is 0 Å². The molecule has 0 bridgehead atoms. The Morgan fingerprint density at radius 2 is 1.95 bits per heavy atom. The van der Waals surface area contributed by atoms with Gasteiger partial charge in [-0.3, -0.25) is 4.68 Å². The molecule has 1 unspecified atom stereocenters. The van der Waals surface area contributed by atoms with E-state index in [-0.39, 0.29) is 6.04 Å². The van der Waals surface area contributed by atoms with Gasteiger partial charge in [0.2, 0.25) is 0 Å². The Bertz CT molecular complexity index is 633. The van der Waals surface area contributed by atoms with E-state index in [2.05, 4.69) is 13.8 Å². The quantitative estimate of drug-likeness (QED) is 0.886. The number of aryl methyl sites for hydroxylation is 1. The van der Waals surface area contributed by atoms with Gasteiger partial charge in [0.15, 0.2) is 0 Å². The monoisotopic (exact) mass is 325 g/mol. The molecule has 0 aliphatic heterocycles. The van der Waals surface area contributed by atoms with Gasteiger partial charge in [-0.1, -0.05) is 49.2 Å². The number of hydrogen-bond donors (Lipinski definition) is 1. The van der Waals surface area contributed by atoms with E-state index >= 15 is 0 Å². The lowest BCUT2D eigenvalue weighted by atomic mass is 10.0. The van der Waals surface area contributed by atoms with Crippen molar-refractivity contribution in [2.24, 2.45) is 5.73 Å². The van der Waals surface area contributed by atoms with Crippen molar-refractivity contribution < 1.29 is 0 Å². The van der Waals surface area contributed by atoms with Gasteiger partial charge in [0.05, 0.1) is 22.3 Å². The SMILES string of the molecule is CCc1nn(Cc2cccc(Cl)c2Cl)c(CC)c1C(C)N. The maximum Gasteiger partial charge on any atom is 0.0677 e. The maximum atomic E-state index is 6.28. The van der Waals surface area contributed by atoms with E-state index in [1.54, 1.807) is 6.07 Å². The summed E-state index contributed by atoms with van der Waals surface area (Å²) in [5.74, 6) is 0. The molecule has 0 saturated carbocycles. The normalized spacial score (nSPS) is 12.7. The van der Waals surface area contributed by atoms with Crippen molar-refractivity contribution in [2.45, 2.75) is 46.2 Å². The molecule has 1 aromatic heterocycles. The van der Waals surface area contributed by atoms with Crippen LogP contribution in [0.1, 0.15) is 49.3 Å². The first-order valence-corrected chi connectivity index (χ1v) is 8.02. The Balaban J connectivity index is 2.47. The maximum absolute atomic E-state index is 6.28. The van der Waals surface area contributed by atoms with Crippen molar-refractivity contribution in [3.8, 4) is 0 Å². The molecule has 0 radical (unpaired) electrons. The Morgan fingerprint density at radius 1 is 1.24 bits per heavy atom. The molecule has 0 aliphatic rings. The molecule has 0 saturated heterocycles. The van der Waals surface area contributed by atoms with E-state index in [1.807, 2.05) is 23.7 Å². The van der Waals surface area contributed by atoms with Crippen LogP contribution in [0.15, 0.2) is 18.2 Å². The highest BCUT2D eigenvalue weighted by atomic mass is 35.5. The number of halogens is 2. The third-order valence-electron chi connectivity index (χ3n) is 3.65. The first-order chi connectivity index (χ1) is 9.99. The summed E-state index contributed by atoms with van der Waals surface area (Å²) in [5.41, 5.74) is 10.5. The third kappa shape index (κ3) is 3.25. The summed E-state index contributed by atoms with van der Waals surface area (Å²) in [6.45, 7) is 6.84. The molecule has 0 fully saturated rings. The minimum atomic E-state index is -0.0153. The number of nitrogens with zero attached hydrogens (tertiary/aromatic N) is 2. The van der Waals surface area contributed by atoms with Crippen LogP contribution in [-0.2, 0) is 19.4 Å². The highest BCUT2D eigenvalue weighted by Gasteiger charge is 2.19. The van der Waals surface area contributed by atoms with E-state index in [4.69, 9.17) is 34.0 Å². The number of nitrogens with two attached hydrogens (primary N) is 1. The summed E-state index contributed by atoms with van der Waals surface area (Å²) >= 11 is 12.4. The molecule has 1 atom stereocenters. The minimum Gasteiger partial charge on any atom is -0.324 e. The van der Waals surface area contributed by atoms with Crippen LogP contribution in [0.3, 0.4) is 0 Å². The summed E-state index contributed by atoms with van der Waals surface area (Å²) in [4.78, 5) is 0. The molecule has 1 aromatic carbocycles. The number of hydrogen-bond acceptors (Lipinski definition) is 2. The van der Waals surface area contributed by atoms with Crippen LogP contribution in [0.2, 0.25) is 10.0 Å². The summed E-state index contributed by atoms with van der Waals surface area (Å²) < 4.78 is 2.01. The highest BCUT2D eigenvalue weighted by Crippen LogP contribution is 2.28. The van der Waals surface area contributed by atoms with Gasteiger partial charge in [0.25, 0.3) is 0 Å². The van der Waals surface area contributed by atoms with Crippen LogP contribution in [0.5, 0.6) is 0 Å². The second kappa shape index (κ2) is 6.82. The molecule has 3 nitrogen and oxygen atoms in total. The molecule has 2 N–H and O–H groups in total. The molecule has 1 heterocycles. The summed E-state index contributed by atoms with van der Waals surface area (Å²) in [7, 11) is 0. The van der Waals surface area contributed by atoms with Crippen molar-refractivity contribution in [1.29, 1.82) is 0 Å². The summed E-state index contributed by atoms with van der Waals surface area (Å²) in [5, 5.41) is 5.89. The van der Waals surface area contributed by atoms with Gasteiger partial charge in [-0.15, -0.1) is 0 Å². The lowest BCUT2D eigenvalue weighted by molar-refractivity contribution is 0.637. The van der Waals surface area contributed by atoms with Gasteiger partial charge in [-0.05, 0) is 31.4 Å². The largest absolute Gasteiger partial charge is 0.324 e. The zero-order valence-electron chi connectivity index (χ0n) is 12.7. The van der Waals surface area contributed by atoms with E-state index in [0.717, 1.165) is 29.7 Å². The topological polar surface area (TPSA) is 43.8 Å². The van der Waals surface area contributed by atoms with Crippen molar-refractivity contribution in [3.63, 3.8) is 0 Å². The molecule has 114 valence electrons. The molecule has 5 heteroatoms. The third-order valence-corrected chi connectivity index (χ3v) is 4.51. The van der Waals surface area contributed by atoms with Crippen LogP contribution in [-0.4, -0.2) is 9.78 Å². The molecule has 0 spiro atoms. The van der Waals surface area contributed by atoms with Crippen molar-refractivity contribution in [2.75, 3.05) is 0 Å². The Morgan fingerprint density at radius 3 is 2.52 bits per heavy atom. The smallest absolute Gasteiger partial charge is 0.0677 e. The Labute approximate surface area is 136 Å². The second-order valence-corrected chi connectivity index (χ2v) is 5.96. The first-order valence-electron chi connectivity index (χ1n) is 7.26. The fraction of sp³-hybridized carbons (Fsp3) is 0.438. The molecule has 0 aliphatic carbocycles. The number of rotatable bonds is 5. The summed E-state index contributed by atoms with van der Waals surface area (Å²) in [6, 6.07) is 5.67. The van der Waals surface area contributed by atoms with Crippen LogP contribution in [0.25, 0.3) is 0 Å². The molecule has 2 rings (SSSR count). The number of benzene rings is 1. The fourth-order valence-corrected chi connectivity index (χ4v) is 3.07. The van der Waals surface area contributed by atoms with Gasteiger partial charge in [0.1, 0.15) is 0 Å². The second-order valence-electron chi connectivity index (χ2n) is 5.17. The van der Waals surface area contributed by atoms with Gasteiger partial charge in [0, 0.05) is 17.3 Å². The fourth-order valence-electron chi connectivity index (χ4n) is 2.69. The Hall–Kier alpha value is -1.03. The van der Waals surface area contributed by atoms with Crippen LogP contribution < -0.4 is 5.73 Å². The van der Waals surface area contributed by atoms with E-state index in [0.29, 0.717) is 16.6 Å². The summed E-state index contributed by atoms with van der Waals surface area (Å²) in [6.07, 6.45) is 1.77. The van der Waals surface area contributed by atoms with Gasteiger partial charge in [-0.2, -0.15) is 5.10 Å². The molecule has 0 amide bonds. The predicted octanol–water partition coefficient (Wildman–Crippen LogP) is 4.38. The highest BCUT2D eigenvalue weighted by molar-refractivity contribution is 6.42. The molecular weight excluding hydrogens is 305 g/mol. The average Bonchev–Trinajstić information content (AvgIpc) is 2.81. The van der Waals surface area contributed by atoms with Gasteiger partial charge in [-0.25, -0.2) is 0 Å². The minimum absolute atomic E-state index is 0.0153. The van der Waals surface area contributed by atoms with Crippen molar-refractivity contribution in [1.82, 2.24) is 9.78 Å². The molecule has 2 aromatic rings. The lowest BCUT2D eigenvalue weighted by Gasteiger charge is -2.11. The average molecular weight is 326 g/mol. The van der Waals surface area contributed by atoms with E-state index < -0.39 is 0 Å². The predicted molar refractivity (Wildman–Crippen MR) is 89.1 cm³/mol. The molecular formula is C16H21Cl2N3. The van der Waals surface area contributed by atoms with E-state index in [1.165, 1.54) is 5.69 Å². The first kappa shape index (κ1) is 16.3. The van der Waals surface area contributed by atoms with Gasteiger partial charge < -0.3 is 5.73 Å². The standard InChI is InChI=1S/C16H21Cl2N3/c1-4-13-15(10(3)19)14(5-2)21(20-13)9-11-7-6-8-12(17)16(11)18/h6-8,10H,4-5,9,19H2,1-3H3. The van der Waals surface area contributed by atoms with E-state index in [9.17, 15) is 0 Å². The van der Waals surface area contributed by atoms with Crippen molar-refractivity contribution >= 4 is 23.2 Å². The van der Waals surface area contributed by atoms with Crippen molar-refractivity contribution in [3.05, 3.63) is 50.8 Å². The number of aromatic nitrogens is 2. The van der Waals surface area contributed by atoms with Gasteiger partial charge >= 0.3 is 0 Å². The Kier molecular flexibility index (Phi) is 5.31. The van der Waals surface area contributed by atoms with Crippen LogP contribution in [0, 0.1) is 0 Å². The van der Waals surface area contributed by atoms with Crippen LogP contribution >= 0.6 is 23.2 Å². The molecule has 21 heavy (non-hydrogen) atoms. The lowest BCUT2D eigenvalue weighted by Crippen LogP contribution is -2.11. The zero-order chi connectivity index (χ0) is 15.6.